The van der Waals surface area contributed by atoms with E-state index in [1.165, 1.54) is 11.8 Å². The normalized spacial score (nSPS) is 7.89. The van der Waals surface area contributed by atoms with Crippen molar-refractivity contribution in [3.05, 3.63) is 11.6 Å². The van der Waals surface area contributed by atoms with Gasteiger partial charge >= 0.3 is 0 Å². The van der Waals surface area contributed by atoms with Crippen LogP contribution in [0.5, 0.6) is 0 Å². The number of hydrogen-bond acceptors (Lipinski definition) is 4. The van der Waals surface area contributed by atoms with Gasteiger partial charge in [0.2, 0.25) is 0 Å². The van der Waals surface area contributed by atoms with E-state index in [4.69, 9.17) is 16.4 Å². The lowest BCUT2D eigenvalue weighted by atomic mass is 10.5. The fourth-order valence-electron chi connectivity index (χ4n) is 0.197. The molecule has 0 saturated carbocycles. The predicted molar refractivity (Wildman–Crippen MR) is 39.1 cm³/mol. The number of nitrogens with two attached hydrogens (primary N) is 1. The molecule has 3 N–H and O–H groups in total. The Balaban J connectivity index is 3.43. The predicted octanol–water partition coefficient (Wildman–Crippen LogP) is 0.693. The molecule has 0 aromatic carbocycles. The van der Waals surface area contributed by atoms with E-state index >= 15 is 0 Å². The Morgan fingerprint density at radius 2 is 2.44 bits per heavy atom. The molecule has 0 aliphatic carbocycles. The Morgan fingerprint density at radius 1 is 1.89 bits per heavy atom. The second-order valence-corrected chi connectivity index (χ2v) is 2.45. The lowest BCUT2D eigenvalue weighted by molar-refractivity contribution is 1.47. The maximum Gasteiger partial charge on any atom is 0.119 e. The maximum atomic E-state index is 8.09. The Hall–Kier alpha value is -0.950. The molecule has 0 radical (unpaired) electrons. The van der Waals surface area contributed by atoms with Gasteiger partial charge in [0.05, 0.1) is 10.8 Å². The summed E-state index contributed by atoms with van der Waals surface area (Å²) in [6.07, 6.45) is 0. The van der Waals surface area contributed by atoms with Crippen molar-refractivity contribution in [2.75, 3.05) is 5.75 Å². The SMILES string of the molecule is C=C(N)SCC(=N)C#N. The van der Waals surface area contributed by atoms with Gasteiger partial charge in [-0.25, -0.2) is 0 Å². The van der Waals surface area contributed by atoms with Crippen LogP contribution in [0.2, 0.25) is 0 Å². The first-order valence-corrected chi connectivity index (χ1v) is 3.20. The lowest BCUT2D eigenvalue weighted by Crippen LogP contribution is -1.98. The van der Waals surface area contributed by atoms with Crippen LogP contribution in [-0.2, 0) is 0 Å². The van der Waals surface area contributed by atoms with Gasteiger partial charge < -0.3 is 5.73 Å². The van der Waals surface area contributed by atoms with Gasteiger partial charge in [0.25, 0.3) is 0 Å². The van der Waals surface area contributed by atoms with Crippen LogP contribution < -0.4 is 5.73 Å². The Kier molecular flexibility index (Phi) is 3.56. The van der Waals surface area contributed by atoms with Crippen molar-refractivity contribution in [3.8, 4) is 6.07 Å². The summed E-state index contributed by atoms with van der Waals surface area (Å²) in [6, 6.07) is 1.69. The van der Waals surface area contributed by atoms with Crippen LogP contribution in [0, 0.1) is 16.7 Å². The monoisotopic (exact) mass is 141 g/mol. The summed E-state index contributed by atoms with van der Waals surface area (Å²) in [6.45, 7) is 3.40. The van der Waals surface area contributed by atoms with Crippen LogP contribution in [-0.4, -0.2) is 11.5 Å². The van der Waals surface area contributed by atoms with E-state index in [0.717, 1.165) is 0 Å². The zero-order valence-electron chi connectivity index (χ0n) is 4.85. The van der Waals surface area contributed by atoms with E-state index in [-0.39, 0.29) is 5.71 Å². The molecule has 0 aromatic heterocycles. The second kappa shape index (κ2) is 3.98. The number of thioether (sulfide) groups is 1. The average Bonchev–Trinajstić information content (AvgIpc) is 1.83. The zero-order valence-corrected chi connectivity index (χ0v) is 5.66. The van der Waals surface area contributed by atoms with E-state index in [1.54, 1.807) is 6.07 Å². The molecule has 0 aliphatic rings. The molecule has 0 bridgehead atoms. The van der Waals surface area contributed by atoms with Crippen molar-refractivity contribution in [2.24, 2.45) is 5.73 Å². The van der Waals surface area contributed by atoms with Crippen molar-refractivity contribution in [2.45, 2.75) is 0 Å². The average molecular weight is 141 g/mol. The van der Waals surface area contributed by atoms with E-state index in [9.17, 15) is 0 Å². The molecule has 0 fully saturated rings. The molecule has 0 atom stereocenters. The molecule has 48 valence electrons. The van der Waals surface area contributed by atoms with Crippen molar-refractivity contribution in [1.29, 1.82) is 10.7 Å². The molecule has 4 heteroatoms. The molecule has 0 rings (SSSR count). The molecule has 9 heavy (non-hydrogen) atoms. The summed E-state index contributed by atoms with van der Waals surface area (Å²) in [5, 5.41) is 15.4. The number of rotatable bonds is 3. The molecule has 0 heterocycles. The Bertz CT molecular complexity index is 168. The van der Waals surface area contributed by atoms with Gasteiger partial charge in [0.1, 0.15) is 11.8 Å². The molecular weight excluding hydrogens is 134 g/mol. The minimum absolute atomic E-state index is 0.0200. The summed E-state index contributed by atoms with van der Waals surface area (Å²) in [5.74, 6) is 0.325. The first-order valence-electron chi connectivity index (χ1n) is 2.21. The quantitative estimate of drug-likeness (QED) is 0.568. The topological polar surface area (TPSA) is 73.7 Å². The van der Waals surface area contributed by atoms with Crippen molar-refractivity contribution in [1.82, 2.24) is 0 Å². The van der Waals surface area contributed by atoms with E-state index in [1.807, 2.05) is 0 Å². The van der Waals surface area contributed by atoms with E-state index in [0.29, 0.717) is 10.8 Å². The van der Waals surface area contributed by atoms with E-state index in [2.05, 4.69) is 6.58 Å². The molecule has 0 unspecified atom stereocenters. The van der Waals surface area contributed by atoms with Gasteiger partial charge in [-0.2, -0.15) is 5.26 Å². The maximum absolute atomic E-state index is 8.09. The third kappa shape index (κ3) is 4.91. The minimum Gasteiger partial charge on any atom is -0.394 e. The highest BCUT2D eigenvalue weighted by molar-refractivity contribution is 8.03. The molecule has 0 aliphatic heterocycles. The molecule has 0 saturated heterocycles. The first-order chi connectivity index (χ1) is 4.16. The van der Waals surface area contributed by atoms with Gasteiger partial charge in [0.15, 0.2) is 0 Å². The second-order valence-electron chi connectivity index (χ2n) is 1.35. The fourth-order valence-corrected chi connectivity index (χ4v) is 0.591. The van der Waals surface area contributed by atoms with Gasteiger partial charge in [-0.15, -0.1) is 11.8 Å². The minimum atomic E-state index is 0.0200. The molecule has 0 amide bonds. The van der Waals surface area contributed by atoms with Crippen LogP contribution in [0.25, 0.3) is 0 Å². The van der Waals surface area contributed by atoms with Gasteiger partial charge in [0, 0.05) is 0 Å². The smallest absolute Gasteiger partial charge is 0.119 e. The van der Waals surface area contributed by atoms with Crippen molar-refractivity contribution in [3.63, 3.8) is 0 Å². The summed E-state index contributed by atoms with van der Waals surface area (Å²) in [4.78, 5) is 0. The largest absolute Gasteiger partial charge is 0.394 e. The first kappa shape index (κ1) is 8.05. The molecule has 3 nitrogen and oxygen atoms in total. The van der Waals surface area contributed by atoms with Gasteiger partial charge in [-0.1, -0.05) is 6.58 Å². The molecule has 0 spiro atoms. The van der Waals surface area contributed by atoms with Crippen LogP contribution in [0.15, 0.2) is 11.6 Å². The van der Waals surface area contributed by atoms with Crippen LogP contribution >= 0.6 is 11.8 Å². The molecular formula is C5H7N3S. The highest BCUT2D eigenvalue weighted by Crippen LogP contribution is 2.05. The fraction of sp³-hybridized carbons (Fsp3) is 0.200. The lowest BCUT2D eigenvalue weighted by Gasteiger charge is -1.92. The number of nitriles is 1. The summed E-state index contributed by atoms with van der Waals surface area (Å²) in [5.41, 5.74) is 5.18. The van der Waals surface area contributed by atoms with Crippen molar-refractivity contribution < 1.29 is 0 Å². The molecule has 0 aromatic rings. The van der Waals surface area contributed by atoms with Gasteiger partial charge in [-0.3, -0.25) is 5.41 Å². The Labute approximate surface area is 58.1 Å². The van der Waals surface area contributed by atoms with Gasteiger partial charge in [-0.05, 0) is 0 Å². The zero-order chi connectivity index (χ0) is 7.28. The number of nitrogens with one attached hydrogen (secondary N) is 1. The van der Waals surface area contributed by atoms with Crippen LogP contribution in [0.3, 0.4) is 0 Å². The standard InChI is InChI=1S/C5H7N3S/c1-4(7)9-3-5(8)2-6/h8H,1,3,7H2. The summed E-state index contributed by atoms with van der Waals surface area (Å²) >= 11 is 1.20. The van der Waals surface area contributed by atoms with Crippen LogP contribution in [0.1, 0.15) is 0 Å². The third-order valence-corrected chi connectivity index (χ3v) is 1.34. The third-order valence-electron chi connectivity index (χ3n) is 0.537. The number of nitrogens with zero attached hydrogens (tertiary/aromatic N) is 1. The van der Waals surface area contributed by atoms with E-state index < -0.39 is 0 Å². The number of hydrogen-bond donors (Lipinski definition) is 2. The van der Waals surface area contributed by atoms with Crippen LogP contribution in [0.4, 0.5) is 0 Å². The Morgan fingerprint density at radius 3 is 2.78 bits per heavy atom. The highest BCUT2D eigenvalue weighted by Gasteiger charge is 1.93. The highest BCUT2D eigenvalue weighted by atomic mass is 32.2. The summed E-state index contributed by atoms with van der Waals surface area (Å²) in [7, 11) is 0. The summed E-state index contributed by atoms with van der Waals surface area (Å²) < 4.78 is 0. The van der Waals surface area contributed by atoms with Crippen molar-refractivity contribution >= 4 is 17.5 Å².